The molecular formula is C12H17N3O. The molecule has 1 aromatic carbocycles. The van der Waals surface area contributed by atoms with Crippen molar-refractivity contribution >= 4 is 16.8 Å². The van der Waals surface area contributed by atoms with Gasteiger partial charge in [-0.2, -0.15) is 5.10 Å². The number of amides is 1. The Morgan fingerprint density at radius 1 is 1.38 bits per heavy atom. The van der Waals surface area contributed by atoms with Crippen molar-refractivity contribution in [3.05, 3.63) is 29.5 Å². The number of nitrogens with zero attached hydrogens (tertiary/aromatic N) is 2. The van der Waals surface area contributed by atoms with Crippen LogP contribution >= 0.6 is 0 Å². The summed E-state index contributed by atoms with van der Waals surface area (Å²) in [5.41, 5.74) is 7.70. The molecule has 0 unspecified atom stereocenters. The normalized spacial score (nSPS) is 9.75. The number of fused-ring (bicyclic) bond motifs is 1. The number of hydrogen-bond acceptors (Lipinski definition) is 2. The third kappa shape index (κ3) is 1.91. The van der Waals surface area contributed by atoms with Gasteiger partial charge in [-0.05, 0) is 18.6 Å². The number of aryl methyl sites for hydroxylation is 2. The van der Waals surface area contributed by atoms with E-state index in [-0.39, 0.29) is 0 Å². The van der Waals surface area contributed by atoms with Crippen molar-refractivity contribution in [2.24, 2.45) is 12.8 Å². The first kappa shape index (κ1) is 12.2. The summed E-state index contributed by atoms with van der Waals surface area (Å²) in [4.78, 5) is 11.2. The van der Waals surface area contributed by atoms with Crippen LogP contribution in [0.3, 0.4) is 0 Å². The number of hydrogen-bond donors (Lipinski definition) is 1. The van der Waals surface area contributed by atoms with E-state index in [1.807, 2.05) is 26.8 Å². The molecule has 0 bridgehead atoms. The highest BCUT2D eigenvalue weighted by molar-refractivity contribution is 6.05. The van der Waals surface area contributed by atoms with Crippen LogP contribution in [0, 0.1) is 6.92 Å². The summed E-state index contributed by atoms with van der Waals surface area (Å²) in [6.45, 7) is 5.98. The van der Waals surface area contributed by atoms with Gasteiger partial charge in [0.15, 0.2) is 0 Å². The van der Waals surface area contributed by atoms with Crippen LogP contribution in [0.2, 0.25) is 0 Å². The summed E-state index contributed by atoms with van der Waals surface area (Å²) in [5.74, 6) is -0.418. The molecule has 86 valence electrons. The van der Waals surface area contributed by atoms with Gasteiger partial charge in [0.05, 0.1) is 17.3 Å². The van der Waals surface area contributed by atoms with E-state index in [4.69, 9.17) is 5.73 Å². The fraction of sp³-hybridized carbons (Fsp3) is 0.333. The van der Waals surface area contributed by atoms with Gasteiger partial charge in [-0.1, -0.05) is 19.9 Å². The summed E-state index contributed by atoms with van der Waals surface area (Å²) >= 11 is 0. The number of carbonyl (C=O) groups excluding carboxylic acids is 1. The third-order valence-electron chi connectivity index (χ3n) is 2.38. The monoisotopic (exact) mass is 219 g/mol. The number of nitrogens with two attached hydrogens (primary N) is 1. The number of carbonyl (C=O) groups is 1. The van der Waals surface area contributed by atoms with Crippen LogP contribution in [0.15, 0.2) is 18.3 Å². The molecule has 1 heterocycles. The van der Waals surface area contributed by atoms with Crippen molar-refractivity contribution in [1.29, 1.82) is 0 Å². The summed E-state index contributed by atoms with van der Waals surface area (Å²) in [6, 6.07) is 3.62. The van der Waals surface area contributed by atoms with Crippen molar-refractivity contribution in [3.8, 4) is 0 Å². The largest absolute Gasteiger partial charge is 0.366 e. The minimum Gasteiger partial charge on any atom is -0.366 e. The molecule has 0 radical (unpaired) electrons. The van der Waals surface area contributed by atoms with E-state index in [9.17, 15) is 4.79 Å². The first-order valence-electron chi connectivity index (χ1n) is 5.32. The second-order valence-electron chi connectivity index (χ2n) is 3.32. The topological polar surface area (TPSA) is 60.9 Å². The van der Waals surface area contributed by atoms with Gasteiger partial charge in [0.1, 0.15) is 0 Å². The Morgan fingerprint density at radius 3 is 2.56 bits per heavy atom. The van der Waals surface area contributed by atoms with E-state index in [1.165, 1.54) is 0 Å². The molecule has 2 N–H and O–H groups in total. The Kier molecular flexibility index (Phi) is 3.66. The van der Waals surface area contributed by atoms with Gasteiger partial charge in [-0.3, -0.25) is 9.48 Å². The van der Waals surface area contributed by atoms with Crippen LogP contribution in [0.5, 0.6) is 0 Å². The van der Waals surface area contributed by atoms with Crippen molar-refractivity contribution < 1.29 is 4.79 Å². The molecule has 4 heteroatoms. The highest BCUT2D eigenvalue weighted by Gasteiger charge is 2.11. The molecule has 0 saturated carbocycles. The second kappa shape index (κ2) is 4.79. The van der Waals surface area contributed by atoms with E-state index < -0.39 is 5.91 Å². The Morgan fingerprint density at radius 2 is 2.00 bits per heavy atom. The molecule has 4 nitrogen and oxygen atoms in total. The van der Waals surface area contributed by atoms with Gasteiger partial charge >= 0.3 is 0 Å². The van der Waals surface area contributed by atoms with Gasteiger partial charge in [-0.25, -0.2) is 0 Å². The molecule has 1 aromatic heterocycles. The highest BCUT2D eigenvalue weighted by atomic mass is 16.1. The van der Waals surface area contributed by atoms with Gasteiger partial charge in [-0.15, -0.1) is 0 Å². The third-order valence-corrected chi connectivity index (χ3v) is 2.38. The molecule has 2 rings (SSSR count). The standard InChI is InChI=1S/C10H11N3O.C2H6/c1-6-3-4-7(10(11)14)9-8(6)5-12-13(9)2;1-2/h3-5H,1-2H3,(H2,11,14);1-2H3. The summed E-state index contributed by atoms with van der Waals surface area (Å²) in [5, 5.41) is 5.08. The molecular weight excluding hydrogens is 202 g/mol. The van der Waals surface area contributed by atoms with E-state index in [2.05, 4.69) is 5.10 Å². The minimum absolute atomic E-state index is 0.418. The van der Waals surface area contributed by atoms with Crippen molar-refractivity contribution in [3.63, 3.8) is 0 Å². The average molecular weight is 219 g/mol. The van der Waals surface area contributed by atoms with E-state index >= 15 is 0 Å². The molecule has 16 heavy (non-hydrogen) atoms. The van der Waals surface area contributed by atoms with Crippen molar-refractivity contribution in [2.75, 3.05) is 0 Å². The fourth-order valence-corrected chi connectivity index (χ4v) is 1.62. The maximum Gasteiger partial charge on any atom is 0.250 e. The minimum atomic E-state index is -0.418. The molecule has 0 spiro atoms. The quantitative estimate of drug-likeness (QED) is 0.797. The molecule has 0 atom stereocenters. The van der Waals surface area contributed by atoms with Crippen LogP contribution in [-0.4, -0.2) is 15.7 Å². The Hall–Kier alpha value is -1.84. The van der Waals surface area contributed by atoms with Crippen molar-refractivity contribution in [2.45, 2.75) is 20.8 Å². The summed E-state index contributed by atoms with van der Waals surface area (Å²) < 4.78 is 1.67. The van der Waals surface area contributed by atoms with Crippen molar-refractivity contribution in [1.82, 2.24) is 9.78 Å². The maximum atomic E-state index is 11.2. The number of benzene rings is 1. The van der Waals surface area contributed by atoms with E-state index in [0.717, 1.165) is 16.5 Å². The first-order valence-corrected chi connectivity index (χ1v) is 5.32. The molecule has 2 aromatic rings. The van der Waals surface area contributed by atoms with Gasteiger partial charge in [0.25, 0.3) is 5.91 Å². The van der Waals surface area contributed by atoms with Crippen LogP contribution < -0.4 is 5.73 Å². The zero-order chi connectivity index (χ0) is 12.3. The van der Waals surface area contributed by atoms with Gasteiger partial charge in [0, 0.05) is 12.4 Å². The molecule has 0 aliphatic carbocycles. The predicted molar refractivity (Wildman–Crippen MR) is 65.3 cm³/mol. The molecule has 0 fully saturated rings. The average Bonchev–Trinajstić information content (AvgIpc) is 2.65. The van der Waals surface area contributed by atoms with Crippen LogP contribution in [0.1, 0.15) is 29.8 Å². The van der Waals surface area contributed by atoms with Crippen LogP contribution in [-0.2, 0) is 7.05 Å². The Balaban J connectivity index is 0.000000606. The Labute approximate surface area is 95.1 Å². The highest BCUT2D eigenvalue weighted by Crippen LogP contribution is 2.21. The fourth-order valence-electron chi connectivity index (χ4n) is 1.62. The second-order valence-corrected chi connectivity index (χ2v) is 3.32. The van der Waals surface area contributed by atoms with E-state index in [1.54, 1.807) is 24.0 Å². The SMILES string of the molecule is CC.Cc1ccc(C(N)=O)c2c1cnn2C. The number of rotatable bonds is 1. The molecule has 1 amide bonds. The lowest BCUT2D eigenvalue weighted by atomic mass is 10.1. The molecule has 0 aliphatic heterocycles. The molecule has 0 saturated heterocycles. The lowest BCUT2D eigenvalue weighted by molar-refractivity contribution is 0.100. The number of aromatic nitrogens is 2. The smallest absolute Gasteiger partial charge is 0.250 e. The van der Waals surface area contributed by atoms with Gasteiger partial charge in [0.2, 0.25) is 0 Å². The molecule has 0 aliphatic rings. The lowest BCUT2D eigenvalue weighted by Crippen LogP contribution is -2.12. The van der Waals surface area contributed by atoms with Crippen LogP contribution in [0.4, 0.5) is 0 Å². The van der Waals surface area contributed by atoms with Gasteiger partial charge < -0.3 is 5.73 Å². The van der Waals surface area contributed by atoms with Crippen LogP contribution in [0.25, 0.3) is 10.9 Å². The number of primary amides is 1. The Bertz CT molecular complexity index is 514. The predicted octanol–water partition coefficient (Wildman–Crippen LogP) is 2.01. The van der Waals surface area contributed by atoms with E-state index in [0.29, 0.717) is 5.56 Å². The lowest BCUT2D eigenvalue weighted by Gasteiger charge is -2.02. The zero-order valence-electron chi connectivity index (χ0n) is 10.1. The zero-order valence-corrected chi connectivity index (χ0v) is 10.1. The first-order chi connectivity index (χ1) is 7.61. The maximum absolute atomic E-state index is 11.2. The summed E-state index contributed by atoms with van der Waals surface area (Å²) in [6.07, 6.45) is 1.75. The summed E-state index contributed by atoms with van der Waals surface area (Å²) in [7, 11) is 1.80.